The van der Waals surface area contributed by atoms with Crippen LogP contribution in [-0.4, -0.2) is 25.6 Å². The summed E-state index contributed by atoms with van der Waals surface area (Å²) in [6.45, 7) is 0. The van der Waals surface area contributed by atoms with E-state index < -0.39 is 11.8 Å². The first-order valence-corrected chi connectivity index (χ1v) is 4.02. The van der Waals surface area contributed by atoms with Crippen molar-refractivity contribution >= 4 is 20.5 Å². The van der Waals surface area contributed by atoms with Gasteiger partial charge in [0, 0.05) is 0 Å². The standard InChI is InChI=1S/C5H3FO2Se/c6-3-1-2-9-4(3)5(7)8/h1-2H,(H,7,8). The van der Waals surface area contributed by atoms with E-state index in [2.05, 4.69) is 0 Å². The van der Waals surface area contributed by atoms with E-state index in [9.17, 15) is 9.18 Å². The molecule has 0 saturated heterocycles. The van der Waals surface area contributed by atoms with Crippen molar-refractivity contribution in [1.29, 1.82) is 0 Å². The predicted octanol–water partition coefficient (Wildman–Crippen LogP) is 0.581. The molecule has 0 aliphatic rings. The predicted molar refractivity (Wildman–Crippen MR) is 30.3 cm³/mol. The van der Waals surface area contributed by atoms with Gasteiger partial charge in [-0.15, -0.1) is 0 Å². The number of carbonyl (C=O) groups is 1. The van der Waals surface area contributed by atoms with Crippen LogP contribution in [0.3, 0.4) is 0 Å². The van der Waals surface area contributed by atoms with Gasteiger partial charge >= 0.3 is 56.0 Å². The fraction of sp³-hybridized carbons (Fsp3) is 0. The van der Waals surface area contributed by atoms with Crippen LogP contribution in [0.2, 0.25) is 0 Å². The maximum absolute atomic E-state index is 12.3. The molecule has 0 fully saturated rings. The van der Waals surface area contributed by atoms with E-state index in [4.69, 9.17) is 5.11 Å². The van der Waals surface area contributed by atoms with E-state index >= 15 is 0 Å². The Hall–Kier alpha value is -0.601. The SMILES string of the molecule is O=C(O)c1[se]ccc1F. The summed E-state index contributed by atoms with van der Waals surface area (Å²) in [6.07, 6.45) is 0. The second-order valence-corrected chi connectivity index (χ2v) is 3.32. The summed E-state index contributed by atoms with van der Waals surface area (Å²) in [7, 11) is 0. The Morgan fingerprint density at radius 2 is 2.44 bits per heavy atom. The molecule has 0 saturated carbocycles. The van der Waals surface area contributed by atoms with Gasteiger partial charge in [0.05, 0.1) is 0 Å². The van der Waals surface area contributed by atoms with E-state index in [1.807, 2.05) is 0 Å². The van der Waals surface area contributed by atoms with Crippen LogP contribution < -0.4 is 0 Å². The van der Waals surface area contributed by atoms with Gasteiger partial charge in [0.25, 0.3) is 0 Å². The van der Waals surface area contributed by atoms with Crippen LogP contribution >= 0.6 is 0 Å². The van der Waals surface area contributed by atoms with Crippen molar-refractivity contribution in [2.75, 3.05) is 0 Å². The second-order valence-electron chi connectivity index (χ2n) is 1.40. The van der Waals surface area contributed by atoms with Gasteiger partial charge in [0.1, 0.15) is 0 Å². The molecule has 0 aliphatic carbocycles. The van der Waals surface area contributed by atoms with E-state index in [0.29, 0.717) is 0 Å². The van der Waals surface area contributed by atoms with Crippen LogP contribution in [-0.2, 0) is 0 Å². The van der Waals surface area contributed by atoms with Crippen LogP contribution in [0.15, 0.2) is 11.0 Å². The zero-order valence-electron chi connectivity index (χ0n) is 4.30. The minimum atomic E-state index is -1.14. The Morgan fingerprint density at radius 1 is 1.78 bits per heavy atom. The summed E-state index contributed by atoms with van der Waals surface area (Å²) in [5.41, 5.74) is 0. The molecular weight excluding hydrogens is 190 g/mol. The molecule has 2 nitrogen and oxygen atoms in total. The van der Waals surface area contributed by atoms with Gasteiger partial charge in [-0.1, -0.05) is 0 Å². The molecule has 48 valence electrons. The number of aromatic carboxylic acids is 1. The fourth-order valence-electron chi connectivity index (χ4n) is 0.446. The summed E-state index contributed by atoms with van der Waals surface area (Å²) in [5.74, 6) is -1.74. The summed E-state index contributed by atoms with van der Waals surface area (Å²) in [5, 5.41) is 8.26. The Balaban J connectivity index is 3.08. The van der Waals surface area contributed by atoms with Gasteiger partial charge in [-0.2, -0.15) is 0 Å². The van der Waals surface area contributed by atoms with Crippen LogP contribution in [0.1, 0.15) is 9.23 Å². The summed E-state index contributed by atoms with van der Waals surface area (Å²) >= 11 is -0.296. The summed E-state index contributed by atoms with van der Waals surface area (Å²) < 4.78 is 12.2. The third kappa shape index (κ3) is 1.20. The third-order valence-corrected chi connectivity index (χ3v) is 2.65. The molecule has 0 spiro atoms. The zero-order valence-corrected chi connectivity index (χ0v) is 6.01. The molecule has 0 aromatic carbocycles. The third-order valence-electron chi connectivity index (χ3n) is 0.811. The van der Waals surface area contributed by atoms with Crippen molar-refractivity contribution in [2.45, 2.75) is 0 Å². The molecule has 1 aromatic heterocycles. The number of carboxylic acids is 1. The van der Waals surface area contributed by atoms with E-state index in [-0.39, 0.29) is 18.9 Å². The molecule has 0 bridgehead atoms. The number of carboxylic acid groups (broad SMARTS) is 1. The molecule has 0 amide bonds. The number of rotatable bonds is 1. The molecule has 0 aliphatic heterocycles. The van der Waals surface area contributed by atoms with Gasteiger partial charge in [-0.25, -0.2) is 0 Å². The monoisotopic (exact) mass is 194 g/mol. The van der Waals surface area contributed by atoms with Crippen LogP contribution in [0, 0.1) is 5.82 Å². The average Bonchev–Trinajstić information content (AvgIpc) is 2.13. The van der Waals surface area contributed by atoms with Crippen molar-refractivity contribution in [3.63, 3.8) is 0 Å². The first-order chi connectivity index (χ1) is 4.22. The minimum absolute atomic E-state index is 0.0810. The van der Waals surface area contributed by atoms with Gasteiger partial charge in [-0.3, -0.25) is 0 Å². The summed E-state index contributed by atoms with van der Waals surface area (Å²) in [6, 6.07) is 1.20. The second kappa shape index (κ2) is 2.33. The Morgan fingerprint density at radius 3 is 2.67 bits per heavy atom. The Labute approximate surface area is 56.7 Å². The first kappa shape index (κ1) is 6.52. The Kier molecular flexibility index (Phi) is 1.69. The van der Waals surface area contributed by atoms with Crippen molar-refractivity contribution < 1.29 is 14.3 Å². The quantitative estimate of drug-likeness (QED) is 0.662. The van der Waals surface area contributed by atoms with E-state index in [1.54, 1.807) is 4.94 Å². The van der Waals surface area contributed by atoms with E-state index in [1.165, 1.54) is 6.07 Å². The molecule has 9 heavy (non-hydrogen) atoms. The molecule has 1 heterocycles. The van der Waals surface area contributed by atoms with Gasteiger partial charge < -0.3 is 0 Å². The molecule has 1 N–H and O–H groups in total. The summed E-state index contributed by atoms with van der Waals surface area (Å²) in [4.78, 5) is 11.6. The molecule has 0 atom stereocenters. The Bertz CT molecular complexity index is 231. The number of halogens is 1. The average molecular weight is 193 g/mol. The van der Waals surface area contributed by atoms with Crippen molar-refractivity contribution in [2.24, 2.45) is 0 Å². The number of hydrogen-bond donors (Lipinski definition) is 1. The van der Waals surface area contributed by atoms with Crippen LogP contribution in [0.5, 0.6) is 0 Å². The molecular formula is C5H3FO2Se. The van der Waals surface area contributed by atoms with Gasteiger partial charge in [-0.05, 0) is 0 Å². The zero-order chi connectivity index (χ0) is 6.85. The molecule has 4 heteroatoms. The maximum atomic E-state index is 12.3. The first-order valence-electron chi connectivity index (χ1n) is 2.18. The molecule has 0 radical (unpaired) electrons. The molecule has 1 rings (SSSR count). The van der Waals surface area contributed by atoms with E-state index in [0.717, 1.165) is 0 Å². The number of hydrogen-bond acceptors (Lipinski definition) is 1. The molecule has 1 aromatic rings. The van der Waals surface area contributed by atoms with Crippen LogP contribution in [0.25, 0.3) is 0 Å². The fourth-order valence-corrected chi connectivity index (χ4v) is 1.72. The van der Waals surface area contributed by atoms with Crippen molar-refractivity contribution in [3.05, 3.63) is 21.3 Å². The molecule has 0 unspecified atom stereocenters. The van der Waals surface area contributed by atoms with Crippen molar-refractivity contribution in [3.8, 4) is 0 Å². The topological polar surface area (TPSA) is 37.3 Å². The normalized spacial score (nSPS) is 9.44. The van der Waals surface area contributed by atoms with Crippen LogP contribution in [0.4, 0.5) is 4.39 Å². The van der Waals surface area contributed by atoms with Gasteiger partial charge in [0.2, 0.25) is 0 Å². The van der Waals surface area contributed by atoms with Gasteiger partial charge in [0.15, 0.2) is 0 Å². The van der Waals surface area contributed by atoms with Crippen molar-refractivity contribution in [1.82, 2.24) is 0 Å².